The van der Waals surface area contributed by atoms with Gasteiger partial charge in [-0.05, 0) is 13.3 Å². The fourth-order valence-electron chi connectivity index (χ4n) is 1.24. The van der Waals surface area contributed by atoms with Gasteiger partial charge in [0.2, 0.25) is 5.91 Å². The van der Waals surface area contributed by atoms with E-state index in [1.54, 1.807) is 13.0 Å². The fraction of sp³-hybridized carbons (Fsp3) is 0.600. The number of carbonyl (C=O) groups excluding carboxylic acids is 1. The Balaban J connectivity index is 2.48. The second kappa shape index (κ2) is 4.79. The summed E-state index contributed by atoms with van der Waals surface area (Å²) in [6, 6.07) is 1.70. The third-order valence-electron chi connectivity index (χ3n) is 2.05. The lowest BCUT2D eigenvalue weighted by Crippen LogP contribution is -2.20. The van der Waals surface area contributed by atoms with Crippen molar-refractivity contribution < 1.29 is 9.32 Å². The summed E-state index contributed by atoms with van der Waals surface area (Å²) in [5.74, 6) is 1.22. The molecule has 78 valence electrons. The van der Waals surface area contributed by atoms with Crippen LogP contribution >= 0.6 is 0 Å². The van der Waals surface area contributed by atoms with E-state index in [0.717, 1.165) is 12.8 Å². The maximum absolute atomic E-state index is 11.5. The third-order valence-corrected chi connectivity index (χ3v) is 2.05. The van der Waals surface area contributed by atoms with Gasteiger partial charge < -0.3 is 9.84 Å². The number of hydrogen-bond donors (Lipinski definition) is 1. The normalized spacial score (nSPS) is 12.5. The highest BCUT2D eigenvalue weighted by molar-refractivity contribution is 5.91. The van der Waals surface area contributed by atoms with Gasteiger partial charge in [0.15, 0.2) is 5.82 Å². The molecular weight excluding hydrogens is 180 g/mol. The van der Waals surface area contributed by atoms with Gasteiger partial charge in [0, 0.05) is 12.0 Å². The van der Waals surface area contributed by atoms with Gasteiger partial charge in [-0.2, -0.15) is 0 Å². The van der Waals surface area contributed by atoms with E-state index >= 15 is 0 Å². The molecule has 0 aliphatic carbocycles. The molecule has 1 aromatic rings. The number of rotatable bonds is 4. The van der Waals surface area contributed by atoms with E-state index in [2.05, 4.69) is 17.4 Å². The summed E-state index contributed by atoms with van der Waals surface area (Å²) in [6.45, 7) is 5.76. The summed E-state index contributed by atoms with van der Waals surface area (Å²) in [5.41, 5.74) is 0. The van der Waals surface area contributed by atoms with Crippen LogP contribution in [-0.4, -0.2) is 11.1 Å². The molecule has 0 bridgehead atoms. The van der Waals surface area contributed by atoms with Crippen molar-refractivity contribution >= 4 is 11.7 Å². The quantitative estimate of drug-likeness (QED) is 0.804. The van der Waals surface area contributed by atoms with E-state index in [0.29, 0.717) is 11.6 Å². The zero-order valence-corrected chi connectivity index (χ0v) is 8.83. The number of carbonyl (C=O) groups is 1. The Hall–Kier alpha value is -1.32. The van der Waals surface area contributed by atoms with E-state index < -0.39 is 0 Å². The Bertz CT molecular complexity index is 307. The molecule has 4 heteroatoms. The summed E-state index contributed by atoms with van der Waals surface area (Å²) >= 11 is 0. The lowest BCUT2D eigenvalue weighted by Gasteiger charge is -2.07. The summed E-state index contributed by atoms with van der Waals surface area (Å²) in [6.07, 6.45) is 1.90. The van der Waals surface area contributed by atoms with Crippen LogP contribution in [0.2, 0.25) is 0 Å². The van der Waals surface area contributed by atoms with Gasteiger partial charge in [0.05, 0.1) is 0 Å². The smallest absolute Gasteiger partial charge is 0.228 e. The molecule has 4 nitrogen and oxygen atoms in total. The van der Waals surface area contributed by atoms with Crippen molar-refractivity contribution in [2.24, 2.45) is 5.92 Å². The molecule has 1 amide bonds. The predicted molar refractivity (Wildman–Crippen MR) is 53.9 cm³/mol. The Morgan fingerprint density at radius 2 is 2.43 bits per heavy atom. The topological polar surface area (TPSA) is 55.1 Å². The van der Waals surface area contributed by atoms with Crippen LogP contribution in [0.5, 0.6) is 0 Å². The summed E-state index contributed by atoms with van der Waals surface area (Å²) in [4.78, 5) is 11.5. The zero-order chi connectivity index (χ0) is 10.6. The number of aromatic nitrogens is 1. The number of amides is 1. The van der Waals surface area contributed by atoms with Gasteiger partial charge in [-0.1, -0.05) is 25.4 Å². The van der Waals surface area contributed by atoms with E-state index in [-0.39, 0.29) is 11.8 Å². The standard InChI is InChI=1S/C10H16N2O2/c1-4-5-7(2)10(13)11-9-6-8(3)14-12-9/h6-7H,4-5H2,1-3H3,(H,11,12,13)/t7-/m1/s1. The second-order valence-electron chi connectivity index (χ2n) is 3.50. The lowest BCUT2D eigenvalue weighted by molar-refractivity contribution is -0.119. The van der Waals surface area contributed by atoms with Crippen molar-refractivity contribution in [3.05, 3.63) is 11.8 Å². The Labute approximate surface area is 83.7 Å². The number of nitrogens with one attached hydrogen (secondary N) is 1. The average molecular weight is 196 g/mol. The van der Waals surface area contributed by atoms with Crippen LogP contribution in [0.4, 0.5) is 5.82 Å². The molecule has 14 heavy (non-hydrogen) atoms. The second-order valence-corrected chi connectivity index (χ2v) is 3.50. The largest absolute Gasteiger partial charge is 0.360 e. The number of anilines is 1. The molecule has 0 unspecified atom stereocenters. The lowest BCUT2D eigenvalue weighted by atomic mass is 10.1. The minimum atomic E-state index is 0.000139. The van der Waals surface area contributed by atoms with Crippen molar-refractivity contribution in [3.8, 4) is 0 Å². The van der Waals surface area contributed by atoms with Gasteiger partial charge in [-0.15, -0.1) is 0 Å². The molecule has 1 N–H and O–H groups in total. The molecule has 0 saturated carbocycles. The van der Waals surface area contributed by atoms with Crippen molar-refractivity contribution in [2.45, 2.75) is 33.6 Å². The Morgan fingerprint density at radius 1 is 1.71 bits per heavy atom. The van der Waals surface area contributed by atoms with E-state index in [1.165, 1.54) is 0 Å². The van der Waals surface area contributed by atoms with Crippen LogP contribution in [0.15, 0.2) is 10.6 Å². The van der Waals surface area contributed by atoms with E-state index in [9.17, 15) is 4.79 Å². The van der Waals surface area contributed by atoms with Crippen LogP contribution in [0, 0.1) is 12.8 Å². The maximum Gasteiger partial charge on any atom is 0.228 e. The van der Waals surface area contributed by atoms with Gasteiger partial charge in [0.1, 0.15) is 5.76 Å². The first kappa shape index (κ1) is 10.8. The van der Waals surface area contributed by atoms with Crippen molar-refractivity contribution in [2.75, 3.05) is 5.32 Å². The zero-order valence-electron chi connectivity index (χ0n) is 8.83. The maximum atomic E-state index is 11.5. The van der Waals surface area contributed by atoms with Crippen LogP contribution in [0.1, 0.15) is 32.4 Å². The highest BCUT2D eigenvalue weighted by atomic mass is 16.5. The fourth-order valence-corrected chi connectivity index (χ4v) is 1.24. The minimum absolute atomic E-state index is 0.000139. The van der Waals surface area contributed by atoms with Crippen LogP contribution in [0.3, 0.4) is 0 Å². The third kappa shape index (κ3) is 2.87. The van der Waals surface area contributed by atoms with Gasteiger partial charge >= 0.3 is 0 Å². The Kier molecular flexibility index (Phi) is 3.68. The Morgan fingerprint density at radius 3 is 2.93 bits per heavy atom. The van der Waals surface area contributed by atoms with Crippen LogP contribution < -0.4 is 5.32 Å². The van der Waals surface area contributed by atoms with E-state index in [4.69, 9.17) is 4.52 Å². The molecule has 0 aliphatic heterocycles. The molecular formula is C10H16N2O2. The predicted octanol–water partition coefficient (Wildman–Crippen LogP) is 2.36. The number of aryl methyl sites for hydroxylation is 1. The van der Waals surface area contributed by atoms with Crippen molar-refractivity contribution in [3.63, 3.8) is 0 Å². The summed E-state index contributed by atoms with van der Waals surface area (Å²) < 4.78 is 4.84. The number of nitrogens with zero attached hydrogens (tertiary/aromatic N) is 1. The van der Waals surface area contributed by atoms with Crippen LogP contribution in [0.25, 0.3) is 0 Å². The highest BCUT2D eigenvalue weighted by Crippen LogP contribution is 2.11. The summed E-state index contributed by atoms with van der Waals surface area (Å²) in [5, 5.41) is 6.39. The molecule has 0 fully saturated rings. The molecule has 0 saturated heterocycles. The first-order chi connectivity index (χ1) is 6.63. The average Bonchev–Trinajstić information content (AvgIpc) is 2.51. The molecule has 0 aromatic carbocycles. The number of hydrogen-bond acceptors (Lipinski definition) is 3. The molecule has 1 atom stereocenters. The van der Waals surface area contributed by atoms with Crippen molar-refractivity contribution in [1.82, 2.24) is 5.16 Å². The van der Waals surface area contributed by atoms with Gasteiger partial charge in [-0.3, -0.25) is 4.79 Å². The molecule has 1 aromatic heterocycles. The molecule has 1 rings (SSSR count). The SMILES string of the molecule is CCC[C@@H](C)C(=O)Nc1cc(C)on1. The first-order valence-electron chi connectivity index (χ1n) is 4.87. The molecule has 1 heterocycles. The highest BCUT2D eigenvalue weighted by Gasteiger charge is 2.13. The molecule has 0 radical (unpaired) electrons. The molecule has 0 spiro atoms. The van der Waals surface area contributed by atoms with Gasteiger partial charge in [-0.25, -0.2) is 0 Å². The van der Waals surface area contributed by atoms with Crippen molar-refractivity contribution in [1.29, 1.82) is 0 Å². The molecule has 0 aliphatic rings. The monoisotopic (exact) mass is 196 g/mol. The van der Waals surface area contributed by atoms with Gasteiger partial charge in [0.25, 0.3) is 0 Å². The first-order valence-corrected chi connectivity index (χ1v) is 4.87. The van der Waals surface area contributed by atoms with Crippen LogP contribution in [-0.2, 0) is 4.79 Å². The minimum Gasteiger partial charge on any atom is -0.360 e. The van der Waals surface area contributed by atoms with E-state index in [1.807, 2.05) is 6.92 Å². The summed E-state index contributed by atoms with van der Waals surface area (Å²) in [7, 11) is 0.